The van der Waals surface area contributed by atoms with Crippen LogP contribution in [0.1, 0.15) is 51.6 Å². The third kappa shape index (κ3) is 3.71. The van der Waals surface area contributed by atoms with Gasteiger partial charge in [-0.15, -0.1) is 0 Å². The van der Waals surface area contributed by atoms with E-state index in [2.05, 4.69) is 43.8 Å². The lowest BCUT2D eigenvalue weighted by atomic mass is 10.00. The lowest BCUT2D eigenvalue weighted by Gasteiger charge is -2.13. The Morgan fingerprint density at radius 1 is 1.33 bits per heavy atom. The minimum atomic E-state index is 0.178. The van der Waals surface area contributed by atoms with Crippen molar-refractivity contribution in [1.82, 2.24) is 4.57 Å². The molecule has 1 unspecified atom stereocenters. The van der Waals surface area contributed by atoms with Gasteiger partial charge in [0.25, 0.3) is 0 Å². The van der Waals surface area contributed by atoms with Crippen molar-refractivity contribution in [3.63, 3.8) is 0 Å². The first-order valence-corrected chi connectivity index (χ1v) is 6.06. The van der Waals surface area contributed by atoms with E-state index in [-0.39, 0.29) is 6.04 Å². The molecule has 0 bridgehead atoms. The molecule has 1 atom stereocenters. The van der Waals surface area contributed by atoms with E-state index in [1.807, 2.05) is 0 Å². The smallest absolute Gasteiger partial charge is 0.0333 e. The van der Waals surface area contributed by atoms with Crippen LogP contribution in [-0.2, 0) is 6.54 Å². The lowest BCUT2D eigenvalue weighted by molar-refractivity contribution is 0.512. The summed E-state index contributed by atoms with van der Waals surface area (Å²) in [5, 5.41) is 0. The number of hydrogen-bond donors (Lipinski definition) is 1. The van der Waals surface area contributed by atoms with Gasteiger partial charge in [-0.3, -0.25) is 0 Å². The van der Waals surface area contributed by atoms with Crippen molar-refractivity contribution in [2.24, 2.45) is 11.7 Å². The van der Waals surface area contributed by atoms with Crippen LogP contribution < -0.4 is 5.73 Å². The molecule has 15 heavy (non-hydrogen) atoms. The Bertz CT molecular complexity index is 276. The highest BCUT2D eigenvalue weighted by atomic mass is 14.9. The van der Waals surface area contributed by atoms with Crippen LogP contribution in [-0.4, -0.2) is 4.57 Å². The average Bonchev–Trinajstić information content (AvgIpc) is 2.65. The van der Waals surface area contributed by atoms with E-state index in [0.717, 1.165) is 6.54 Å². The first-order chi connectivity index (χ1) is 7.15. The normalized spacial score (nSPS) is 13.4. The maximum absolute atomic E-state index is 6.09. The number of rotatable bonds is 6. The third-order valence-electron chi connectivity index (χ3n) is 2.90. The van der Waals surface area contributed by atoms with Crippen molar-refractivity contribution < 1.29 is 0 Å². The van der Waals surface area contributed by atoms with E-state index in [0.29, 0.717) is 5.92 Å². The molecule has 2 heteroatoms. The molecule has 0 spiro atoms. The second-order valence-corrected chi connectivity index (χ2v) is 4.66. The summed E-state index contributed by atoms with van der Waals surface area (Å²) in [6.45, 7) is 7.69. The Labute approximate surface area is 93.5 Å². The molecule has 0 saturated carbocycles. The Hall–Kier alpha value is -0.760. The van der Waals surface area contributed by atoms with Gasteiger partial charge in [-0.2, -0.15) is 0 Å². The zero-order valence-corrected chi connectivity index (χ0v) is 10.2. The highest BCUT2D eigenvalue weighted by Crippen LogP contribution is 2.19. The molecule has 0 aliphatic rings. The zero-order valence-electron chi connectivity index (χ0n) is 10.2. The number of hydrogen-bond acceptors (Lipinski definition) is 1. The fourth-order valence-electron chi connectivity index (χ4n) is 1.72. The van der Waals surface area contributed by atoms with E-state index < -0.39 is 0 Å². The first-order valence-electron chi connectivity index (χ1n) is 6.06. The Morgan fingerprint density at radius 3 is 2.67 bits per heavy atom. The highest BCUT2D eigenvalue weighted by molar-refractivity contribution is 5.15. The summed E-state index contributed by atoms with van der Waals surface area (Å²) < 4.78 is 2.26. The van der Waals surface area contributed by atoms with Crippen LogP contribution in [0.4, 0.5) is 0 Å². The molecular formula is C13H24N2. The van der Waals surface area contributed by atoms with Gasteiger partial charge in [0, 0.05) is 25.0 Å². The van der Waals surface area contributed by atoms with Gasteiger partial charge >= 0.3 is 0 Å². The Kier molecular flexibility index (Phi) is 4.89. The lowest BCUT2D eigenvalue weighted by Crippen LogP contribution is -2.15. The molecule has 0 radical (unpaired) electrons. The van der Waals surface area contributed by atoms with Crippen LogP contribution >= 0.6 is 0 Å². The zero-order chi connectivity index (χ0) is 11.3. The van der Waals surface area contributed by atoms with E-state index in [1.54, 1.807) is 0 Å². The SMILES string of the molecule is CCCCCn1ccc(C(N)C(C)C)c1. The predicted octanol–water partition coefficient (Wildman–Crippen LogP) is 3.33. The van der Waals surface area contributed by atoms with Crippen LogP contribution in [0.25, 0.3) is 0 Å². The molecule has 0 aliphatic heterocycles. The van der Waals surface area contributed by atoms with Crippen LogP contribution in [0.2, 0.25) is 0 Å². The van der Waals surface area contributed by atoms with Crippen LogP contribution in [0.3, 0.4) is 0 Å². The second-order valence-electron chi connectivity index (χ2n) is 4.66. The van der Waals surface area contributed by atoms with Gasteiger partial charge in [-0.25, -0.2) is 0 Å². The summed E-state index contributed by atoms with van der Waals surface area (Å²) in [5.74, 6) is 0.511. The maximum atomic E-state index is 6.09. The van der Waals surface area contributed by atoms with Gasteiger partial charge in [0.15, 0.2) is 0 Å². The molecule has 1 heterocycles. The number of aryl methyl sites for hydroxylation is 1. The monoisotopic (exact) mass is 208 g/mol. The van der Waals surface area contributed by atoms with Crippen molar-refractivity contribution in [2.45, 2.75) is 52.6 Å². The number of aromatic nitrogens is 1. The van der Waals surface area contributed by atoms with Crippen LogP contribution in [0.5, 0.6) is 0 Å². The minimum absolute atomic E-state index is 0.178. The molecule has 0 aromatic carbocycles. The van der Waals surface area contributed by atoms with Gasteiger partial charge in [0.1, 0.15) is 0 Å². The molecule has 0 amide bonds. The average molecular weight is 208 g/mol. The fourth-order valence-corrected chi connectivity index (χ4v) is 1.72. The van der Waals surface area contributed by atoms with Gasteiger partial charge in [0.2, 0.25) is 0 Å². The summed E-state index contributed by atoms with van der Waals surface area (Å²) in [4.78, 5) is 0. The molecule has 86 valence electrons. The largest absolute Gasteiger partial charge is 0.354 e. The molecule has 0 fully saturated rings. The molecule has 1 aromatic heterocycles. The molecule has 2 N–H and O–H groups in total. The Balaban J connectivity index is 2.48. The standard InChI is InChI=1S/C13H24N2/c1-4-5-6-8-15-9-7-12(10-15)13(14)11(2)3/h7,9-11,13H,4-6,8,14H2,1-3H3. The summed E-state index contributed by atoms with van der Waals surface area (Å²) in [7, 11) is 0. The third-order valence-corrected chi connectivity index (χ3v) is 2.90. The van der Waals surface area contributed by atoms with Crippen LogP contribution in [0.15, 0.2) is 18.5 Å². The number of unbranched alkanes of at least 4 members (excludes halogenated alkanes) is 2. The molecule has 1 rings (SSSR count). The van der Waals surface area contributed by atoms with Crippen molar-refractivity contribution in [2.75, 3.05) is 0 Å². The van der Waals surface area contributed by atoms with Crippen molar-refractivity contribution in [1.29, 1.82) is 0 Å². The van der Waals surface area contributed by atoms with Gasteiger partial charge in [0.05, 0.1) is 0 Å². The van der Waals surface area contributed by atoms with E-state index in [4.69, 9.17) is 5.73 Å². The summed E-state index contributed by atoms with van der Waals surface area (Å²) in [6, 6.07) is 2.33. The topological polar surface area (TPSA) is 30.9 Å². The maximum Gasteiger partial charge on any atom is 0.0333 e. The van der Waals surface area contributed by atoms with E-state index in [1.165, 1.54) is 24.8 Å². The van der Waals surface area contributed by atoms with Gasteiger partial charge in [-0.05, 0) is 24.0 Å². The molecule has 1 aromatic rings. The predicted molar refractivity (Wildman–Crippen MR) is 65.7 cm³/mol. The number of nitrogens with two attached hydrogens (primary N) is 1. The van der Waals surface area contributed by atoms with Crippen LogP contribution in [0, 0.1) is 5.92 Å². The second kappa shape index (κ2) is 5.96. The minimum Gasteiger partial charge on any atom is -0.354 e. The highest BCUT2D eigenvalue weighted by Gasteiger charge is 2.11. The molecular weight excluding hydrogens is 184 g/mol. The van der Waals surface area contributed by atoms with Gasteiger partial charge in [-0.1, -0.05) is 33.6 Å². The van der Waals surface area contributed by atoms with Crippen molar-refractivity contribution in [3.05, 3.63) is 24.0 Å². The van der Waals surface area contributed by atoms with Crippen molar-refractivity contribution >= 4 is 0 Å². The Morgan fingerprint density at radius 2 is 2.07 bits per heavy atom. The van der Waals surface area contributed by atoms with E-state index in [9.17, 15) is 0 Å². The molecule has 0 aliphatic carbocycles. The van der Waals surface area contributed by atoms with Gasteiger partial charge < -0.3 is 10.3 Å². The van der Waals surface area contributed by atoms with Crippen molar-refractivity contribution in [3.8, 4) is 0 Å². The fraction of sp³-hybridized carbons (Fsp3) is 0.692. The molecule has 0 saturated heterocycles. The first kappa shape index (κ1) is 12.3. The summed E-state index contributed by atoms with van der Waals surface area (Å²) >= 11 is 0. The summed E-state index contributed by atoms with van der Waals surface area (Å²) in [6.07, 6.45) is 8.19. The summed E-state index contributed by atoms with van der Waals surface area (Å²) in [5.41, 5.74) is 7.36. The van der Waals surface area contributed by atoms with E-state index >= 15 is 0 Å². The quantitative estimate of drug-likeness (QED) is 0.714. The molecule has 2 nitrogen and oxygen atoms in total. The number of nitrogens with zero attached hydrogens (tertiary/aromatic N) is 1.